The number of carbonyl (C=O) groups is 1. The molecule has 0 radical (unpaired) electrons. The van der Waals surface area contributed by atoms with Gasteiger partial charge in [-0.3, -0.25) is 9.89 Å². The van der Waals surface area contributed by atoms with Gasteiger partial charge in [-0.05, 0) is 37.3 Å². The first kappa shape index (κ1) is 16.3. The van der Waals surface area contributed by atoms with E-state index in [-0.39, 0.29) is 11.7 Å². The van der Waals surface area contributed by atoms with Gasteiger partial charge >= 0.3 is 0 Å². The number of halogens is 1. The quantitative estimate of drug-likeness (QED) is 0.673. The van der Waals surface area contributed by atoms with Crippen LogP contribution in [0.2, 0.25) is 0 Å². The summed E-state index contributed by atoms with van der Waals surface area (Å²) in [6.45, 7) is 1.82. The summed E-state index contributed by atoms with van der Waals surface area (Å²) in [5.41, 5.74) is 0.951. The third-order valence-electron chi connectivity index (χ3n) is 3.25. The van der Waals surface area contributed by atoms with Gasteiger partial charge in [0.05, 0.1) is 5.69 Å². The minimum Gasteiger partial charge on any atom is -0.326 e. The molecule has 0 saturated heterocycles. The lowest BCUT2D eigenvalue weighted by Gasteiger charge is -2.09. The van der Waals surface area contributed by atoms with Crippen LogP contribution < -0.4 is 5.32 Å². The van der Waals surface area contributed by atoms with Gasteiger partial charge < -0.3 is 9.88 Å². The first-order chi connectivity index (χ1) is 11.6. The molecule has 0 aliphatic carbocycles. The van der Waals surface area contributed by atoms with Crippen molar-refractivity contribution in [3.05, 3.63) is 54.4 Å². The molecule has 0 aliphatic heterocycles. The molecule has 8 heteroatoms. The van der Waals surface area contributed by atoms with Gasteiger partial charge in [0, 0.05) is 30.3 Å². The number of thioether (sulfide) groups is 1. The maximum atomic E-state index is 13.9. The maximum absolute atomic E-state index is 13.9. The number of rotatable bonds is 6. The lowest BCUT2D eigenvalue weighted by molar-refractivity contribution is -0.115. The summed E-state index contributed by atoms with van der Waals surface area (Å²) in [4.78, 5) is 16.2. The fourth-order valence-electron chi connectivity index (χ4n) is 2.13. The monoisotopic (exact) mass is 345 g/mol. The molecule has 3 rings (SSSR count). The van der Waals surface area contributed by atoms with Crippen molar-refractivity contribution in [1.82, 2.24) is 19.7 Å². The van der Waals surface area contributed by atoms with Gasteiger partial charge in [0.2, 0.25) is 11.1 Å². The van der Waals surface area contributed by atoms with Crippen LogP contribution in [0, 0.1) is 12.7 Å². The van der Waals surface area contributed by atoms with Gasteiger partial charge in [0.15, 0.2) is 0 Å². The zero-order valence-corrected chi connectivity index (χ0v) is 13.8. The number of nitrogens with one attached hydrogen (secondary N) is 2. The Morgan fingerprint density at radius 3 is 2.88 bits per heavy atom. The fourth-order valence-corrected chi connectivity index (χ4v) is 2.91. The summed E-state index contributed by atoms with van der Waals surface area (Å²) in [6, 6.07) is 8.13. The molecule has 1 aromatic carbocycles. The van der Waals surface area contributed by atoms with E-state index < -0.39 is 0 Å². The Hall–Kier alpha value is -2.61. The highest BCUT2D eigenvalue weighted by atomic mass is 32.2. The molecule has 3 aromatic rings. The van der Waals surface area contributed by atoms with Gasteiger partial charge in [-0.2, -0.15) is 0 Å². The minimum absolute atomic E-state index is 0.139. The number of hydrogen-bond acceptors (Lipinski definition) is 4. The Labute approximate surface area is 142 Å². The van der Waals surface area contributed by atoms with Crippen LogP contribution in [-0.2, 0) is 4.79 Å². The van der Waals surface area contributed by atoms with Gasteiger partial charge in [-0.1, -0.05) is 11.8 Å². The number of aromatic amines is 1. The molecule has 0 spiro atoms. The zero-order chi connectivity index (χ0) is 16.9. The van der Waals surface area contributed by atoms with E-state index in [2.05, 4.69) is 20.5 Å². The summed E-state index contributed by atoms with van der Waals surface area (Å²) in [5, 5.41) is 10.2. The van der Waals surface area contributed by atoms with Gasteiger partial charge in [-0.15, -0.1) is 5.10 Å². The van der Waals surface area contributed by atoms with Crippen LogP contribution in [0.4, 0.5) is 10.1 Å². The van der Waals surface area contributed by atoms with Crippen molar-refractivity contribution in [3.8, 4) is 5.69 Å². The Morgan fingerprint density at radius 2 is 2.17 bits per heavy atom. The molecule has 24 heavy (non-hydrogen) atoms. The Kier molecular flexibility index (Phi) is 4.95. The average Bonchev–Trinajstić information content (AvgIpc) is 3.21. The highest BCUT2D eigenvalue weighted by Gasteiger charge is 2.09. The van der Waals surface area contributed by atoms with Crippen molar-refractivity contribution in [2.45, 2.75) is 18.5 Å². The van der Waals surface area contributed by atoms with E-state index in [1.807, 2.05) is 19.1 Å². The standard InChI is InChI=1S/C16H16FN5OS/c1-11-18-16(21-20-11)24-9-6-15(23)19-12-4-5-13(17)14(10-12)22-7-2-3-8-22/h2-5,7-8,10H,6,9H2,1H3,(H,19,23)(H,18,20,21). The first-order valence-electron chi connectivity index (χ1n) is 7.36. The Bertz CT molecular complexity index is 831. The van der Waals surface area contributed by atoms with Crippen molar-refractivity contribution in [3.63, 3.8) is 0 Å². The van der Waals surface area contributed by atoms with Crippen molar-refractivity contribution >= 4 is 23.4 Å². The molecule has 2 N–H and O–H groups in total. The van der Waals surface area contributed by atoms with Crippen LogP contribution in [-0.4, -0.2) is 31.4 Å². The van der Waals surface area contributed by atoms with Crippen LogP contribution in [0.25, 0.3) is 5.69 Å². The summed E-state index contributed by atoms with van der Waals surface area (Å²) < 4.78 is 15.6. The van der Waals surface area contributed by atoms with Crippen LogP contribution in [0.1, 0.15) is 12.2 Å². The van der Waals surface area contributed by atoms with Crippen molar-refractivity contribution < 1.29 is 9.18 Å². The number of amides is 1. The molecule has 2 aromatic heterocycles. The van der Waals surface area contributed by atoms with Crippen molar-refractivity contribution in [1.29, 1.82) is 0 Å². The summed E-state index contributed by atoms with van der Waals surface area (Å²) in [6.07, 6.45) is 3.81. The number of hydrogen-bond donors (Lipinski definition) is 2. The van der Waals surface area contributed by atoms with E-state index >= 15 is 0 Å². The zero-order valence-electron chi connectivity index (χ0n) is 13.0. The largest absolute Gasteiger partial charge is 0.326 e. The number of aromatic nitrogens is 4. The second kappa shape index (κ2) is 7.31. The smallest absolute Gasteiger partial charge is 0.225 e. The van der Waals surface area contributed by atoms with E-state index in [0.29, 0.717) is 28.7 Å². The molecule has 0 atom stereocenters. The Morgan fingerprint density at radius 1 is 1.38 bits per heavy atom. The number of carbonyl (C=O) groups excluding carboxylic acids is 1. The third kappa shape index (κ3) is 4.02. The van der Waals surface area contributed by atoms with Crippen molar-refractivity contribution in [2.75, 3.05) is 11.1 Å². The van der Waals surface area contributed by atoms with Crippen LogP contribution in [0.3, 0.4) is 0 Å². The number of anilines is 1. The van der Waals surface area contributed by atoms with Crippen LogP contribution in [0.5, 0.6) is 0 Å². The number of H-pyrrole nitrogens is 1. The molecule has 0 aliphatic rings. The topological polar surface area (TPSA) is 75.6 Å². The minimum atomic E-state index is -0.347. The van der Waals surface area contributed by atoms with Gasteiger partial charge in [-0.25, -0.2) is 9.37 Å². The van der Waals surface area contributed by atoms with Crippen molar-refractivity contribution in [2.24, 2.45) is 0 Å². The molecule has 0 unspecified atom stereocenters. The number of benzene rings is 1. The molecule has 0 fully saturated rings. The number of nitrogens with zero attached hydrogens (tertiary/aromatic N) is 3. The molecular formula is C16H16FN5OS. The second-order valence-corrected chi connectivity index (χ2v) is 6.17. The highest BCUT2D eigenvalue weighted by Crippen LogP contribution is 2.20. The van der Waals surface area contributed by atoms with Crippen LogP contribution in [0.15, 0.2) is 47.9 Å². The second-order valence-electron chi connectivity index (χ2n) is 5.11. The highest BCUT2D eigenvalue weighted by molar-refractivity contribution is 7.99. The predicted octanol–water partition coefficient (Wildman–Crippen LogP) is 3.16. The summed E-state index contributed by atoms with van der Waals surface area (Å²) in [5.74, 6) is 0.819. The fraction of sp³-hybridized carbons (Fsp3) is 0.188. The van der Waals surface area contributed by atoms with Crippen LogP contribution >= 0.6 is 11.8 Å². The lowest BCUT2D eigenvalue weighted by atomic mass is 10.2. The Balaban J connectivity index is 1.57. The van der Waals surface area contributed by atoms with E-state index in [1.54, 1.807) is 29.1 Å². The SMILES string of the molecule is Cc1nc(SCCC(=O)Nc2ccc(F)c(-n3cccc3)c2)n[nH]1. The molecule has 6 nitrogen and oxygen atoms in total. The first-order valence-corrected chi connectivity index (χ1v) is 8.35. The van der Waals surface area contributed by atoms with E-state index in [4.69, 9.17) is 0 Å². The van der Waals surface area contributed by atoms with E-state index in [0.717, 1.165) is 5.82 Å². The average molecular weight is 345 g/mol. The molecule has 2 heterocycles. The van der Waals surface area contributed by atoms with E-state index in [1.165, 1.54) is 17.8 Å². The molecule has 1 amide bonds. The predicted molar refractivity (Wildman–Crippen MR) is 90.8 cm³/mol. The normalized spacial score (nSPS) is 10.8. The summed E-state index contributed by atoms with van der Waals surface area (Å²) >= 11 is 1.41. The molecule has 0 saturated carbocycles. The lowest BCUT2D eigenvalue weighted by Crippen LogP contribution is -2.12. The maximum Gasteiger partial charge on any atom is 0.225 e. The third-order valence-corrected chi connectivity index (χ3v) is 4.10. The van der Waals surface area contributed by atoms with E-state index in [9.17, 15) is 9.18 Å². The molecule has 0 bridgehead atoms. The van der Waals surface area contributed by atoms with Gasteiger partial charge in [0.1, 0.15) is 11.6 Å². The molecule has 124 valence electrons. The van der Waals surface area contributed by atoms with Gasteiger partial charge in [0.25, 0.3) is 0 Å². The molecular weight excluding hydrogens is 329 g/mol. The number of aryl methyl sites for hydroxylation is 1. The summed E-state index contributed by atoms with van der Waals surface area (Å²) in [7, 11) is 0.